The van der Waals surface area contributed by atoms with E-state index in [4.69, 9.17) is 0 Å². The summed E-state index contributed by atoms with van der Waals surface area (Å²) in [4.78, 5) is 25.6. The molecule has 5 nitrogen and oxygen atoms in total. The number of benzene rings is 2. The van der Waals surface area contributed by atoms with Gasteiger partial charge in [0.25, 0.3) is 11.8 Å². The summed E-state index contributed by atoms with van der Waals surface area (Å²) in [5, 5.41) is 5.99. The van der Waals surface area contributed by atoms with E-state index in [2.05, 4.69) is 36.6 Å². The van der Waals surface area contributed by atoms with Gasteiger partial charge < -0.3 is 15.5 Å². The average molecular weight is 383 g/mol. The van der Waals surface area contributed by atoms with Crippen LogP contribution in [-0.4, -0.2) is 32.0 Å². The highest BCUT2D eigenvalue weighted by Gasteiger charge is 2.17. The van der Waals surface area contributed by atoms with E-state index in [1.54, 1.807) is 0 Å². The predicted molar refractivity (Wildman–Crippen MR) is 114 cm³/mol. The Morgan fingerprint density at radius 2 is 1.50 bits per heavy atom. The molecule has 0 radical (unpaired) electrons. The maximum atomic E-state index is 12.4. The van der Waals surface area contributed by atoms with Crippen molar-refractivity contribution in [2.24, 2.45) is 0 Å². The number of likely N-dealkylation sites (N-methyl/N-ethyl adjacent to an activating group) is 1. The Labute approximate surface area is 168 Å². The average Bonchev–Trinajstić information content (AvgIpc) is 2.60. The van der Waals surface area contributed by atoms with Crippen LogP contribution in [0.3, 0.4) is 0 Å². The number of hydrogen-bond donors (Lipinski definition) is 3. The number of rotatable bonds is 7. The van der Waals surface area contributed by atoms with Gasteiger partial charge >= 0.3 is 0 Å². The molecule has 28 heavy (non-hydrogen) atoms. The third-order valence-corrected chi connectivity index (χ3v) is 5.08. The van der Waals surface area contributed by atoms with Crippen molar-refractivity contribution in [1.82, 2.24) is 5.32 Å². The van der Waals surface area contributed by atoms with Gasteiger partial charge in [-0.05, 0) is 62.4 Å². The van der Waals surface area contributed by atoms with Gasteiger partial charge in [0.1, 0.15) is 0 Å². The zero-order valence-corrected chi connectivity index (χ0v) is 17.8. The summed E-state index contributed by atoms with van der Waals surface area (Å²) in [5.41, 5.74) is 6.46. The Kier molecular flexibility index (Phi) is 7.35. The van der Waals surface area contributed by atoms with E-state index in [-0.39, 0.29) is 30.9 Å². The second-order valence-corrected chi connectivity index (χ2v) is 7.76. The number of aryl methyl sites for hydroxylation is 4. The van der Waals surface area contributed by atoms with Crippen LogP contribution in [0.25, 0.3) is 0 Å². The number of nitrogens with one attached hydrogen (secondary N) is 3. The molecule has 3 N–H and O–H groups in total. The molecule has 2 aromatic carbocycles. The second kappa shape index (κ2) is 9.51. The topological polar surface area (TPSA) is 62.6 Å². The van der Waals surface area contributed by atoms with Crippen molar-refractivity contribution in [2.45, 2.75) is 40.7 Å². The van der Waals surface area contributed by atoms with Gasteiger partial charge in [0.15, 0.2) is 13.1 Å². The molecular weight excluding hydrogens is 350 g/mol. The van der Waals surface area contributed by atoms with E-state index in [1.165, 1.54) is 11.1 Å². The van der Waals surface area contributed by atoms with Gasteiger partial charge in [0, 0.05) is 5.69 Å². The molecule has 0 spiro atoms. The van der Waals surface area contributed by atoms with Crippen LogP contribution in [0, 0.1) is 27.7 Å². The Bertz CT molecular complexity index is 841. The van der Waals surface area contributed by atoms with Crippen molar-refractivity contribution >= 4 is 17.5 Å². The summed E-state index contributed by atoms with van der Waals surface area (Å²) in [6, 6.07) is 12.1. The lowest BCUT2D eigenvalue weighted by atomic mass is 10.0. The van der Waals surface area contributed by atoms with Gasteiger partial charge in [-0.1, -0.05) is 36.4 Å². The lowest BCUT2D eigenvalue weighted by molar-refractivity contribution is -0.862. The molecule has 0 bridgehead atoms. The minimum absolute atomic E-state index is 0.0666. The molecule has 0 aliphatic carbocycles. The Balaban J connectivity index is 1.86. The molecular formula is C23H32N3O2+. The number of amides is 2. The summed E-state index contributed by atoms with van der Waals surface area (Å²) in [6.45, 7) is 10.5. The standard InChI is InChI=1S/C23H31N3O2/c1-15-10-11-20(12-18(15)4)19(5)24-21(27)13-26(6)14-22(28)25-23-16(2)8-7-9-17(23)3/h7-12,19H,13-14H2,1-6H3,(H,24,27)(H,25,28)/p+1/t19-/m1/s1. The van der Waals surface area contributed by atoms with Crippen molar-refractivity contribution in [3.63, 3.8) is 0 Å². The number of anilines is 1. The van der Waals surface area contributed by atoms with Crippen molar-refractivity contribution < 1.29 is 14.5 Å². The molecule has 0 aromatic heterocycles. The molecule has 2 rings (SSSR count). The normalized spacial score (nSPS) is 12.9. The monoisotopic (exact) mass is 382 g/mol. The lowest BCUT2D eigenvalue weighted by Crippen LogP contribution is -3.11. The molecule has 5 heteroatoms. The molecule has 0 saturated heterocycles. The van der Waals surface area contributed by atoms with Crippen molar-refractivity contribution in [3.8, 4) is 0 Å². The number of quaternary nitrogens is 1. The number of carbonyl (C=O) groups excluding carboxylic acids is 2. The zero-order valence-electron chi connectivity index (χ0n) is 17.8. The smallest absolute Gasteiger partial charge is 0.279 e. The molecule has 1 unspecified atom stereocenters. The number of para-hydroxylation sites is 1. The highest BCUT2D eigenvalue weighted by Crippen LogP contribution is 2.19. The molecule has 0 saturated carbocycles. The van der Waals surface area contributed by atoms with Crippen molar-refractivity contribution in [1.29, 1.82) is 0 Å². The van der Waals surface area contributed by atoms with Crippen LogP contribution in [0.2, 0.25) is 0 Å². The first-order chi connectivity index (χ1) is 13.2. The maximum absolute atomic E-state index is 12.4. The summed E-state index contributed by atoms with van der Waals surface area (Å²) in [7, 11) is 1.85. The van der Waals surface area contributed by atoms with E-state index < -0.39 is 0 Å². The van der Waals surface area contributed by atoms with Gasteiger partial charge in [-0.25, -0.2) is 0 Å². The Morgan fingerprint density at radius 1 is 0.893 bits per heavy atom. The van der Waals surface area contributed by atoms with Gasteiger partial charge in [-0.2, -0.15) is 0 Å². The molecule has 0 aliphatic heterocycles. The van der Waals surface area contributed by atoms with E-state index in [0.29, 0.717) is 0 Å². The third kappa shape index (κ3) is 5.92. The van der Waals surface area contributed by atoms with Crippen LogP contribution >= 0.6 is 0 Å². The fourth-order valence-electron chi connectivity index (χ4n) is 3.22. The summed E-state index contributed by atoms with van der Waals surface area (Å²) in [6.07, 6.45) is 0. The lowest BCUT2D eigenvalue weighted by Gasteiger charge is -2.18. The summed E-state index contributed by atoms with van der Waals surface area (Å²) < 4.78 is 0. The molecule has 0 heterocycles. The van der Waals surface area contributed by atoms with E-state index in [9.17, 15) is 9.59 Å². The highest BCUT2D eigenvalue weighted by atomic mass is 16.2. The zero-order chi connectivity index (χ0) is 20.8. The van der Waals surface area contributed by atoms with Crippen LogP contribution in [0.15, 0.2) is 36.4 Å². The highest BCUT2D eigenvalue weighted by molar-refractivity contribution is 5.93. The fraction of sp³-hybridized carbons (Fsp3) is 0.391. The first-order valence-electron chi connectivity index (χ1n) is 9.71. The van der Waals surface area contributed by atoms with Gasteiger partial charge in [-0.3, -0.25) is 9.59 Å². The third-order valence-electron chi connectivity index (χ3n) is 5.08. The number of carbonyl (C=O) groups is 2. The Hall–Kier alpha value is -2.66. The summed E-state index contributed by atoms with van der Waals surface area (Å²) >= 11 is 0. The first kappa shape index (κ1) is 21.6. The van der Waals surface area contributed by atoms with Crippen LogP contribution in [-0.2, 0) is 9.59 Å². The summed E-state index contributed by atoms with van der Waals surface area (Å²) in [5.74, 6) is -0.159. The minimum atomic E-state index is -0.0927. The van der Waals surface area contributed by atoms with Crippen LogP contribution in [0.5, 0.6) is 0 Å². The van der Waals surface area contributed by atoms with Gasteiger partial charge in [-0.15, -0.1) is 0 Å². The number of hydrogen-bond acceptors (Lipinski definition) is 2. The molecule has 2 amide bonds. The van der Waals surface area contributed by atoms with Crippen LogP contribution in [0.4, 0.5) is 5.69 Å². The predicted octanol–water partition coefficient (Wildman–Crippen LogP) is 2.25. The van der Waals surface area contributed by atoms with Crippen LogP contribution < -0.4 is 15.5 Å². The molecule has 0 fully saturated rings. The van der Waals surface area contributed by atoms with Crippen molar-refractivity contribution in [2.75, 3.05) is 25.5 Å². The molecule has 0 aliphatic rings. The SMILES string of the molecule is Cc1ccc([C@@H](C)NC(=O)C[NH+](C)CC(=O)Nc2c(C)cccc2C)cc1C. The fourth-order valence-corrected chi connectivity index (χ4v) is 3.22. The van der Waals surface area contributed by atoms with E-state index in [0.717, 1.165) is 27.3 Å². The minimum Gasteiger partial charge on any atom is -0.345 e. The van der Waals surface area contributed by atoms with Gasteiger partial charge in [0.05, 0.1) is 13.1 Å². The Morgan fingerprint density at radius 3 is 2.11 bits per heavy atom. The van der Waals surface area contributed by atoms with Gasteiger partial charge in [0.2, 0.25) is 0 Å². The van der Waals surface area contributed by atoms with Crippen LogP contribution in [0.1, 0.15) is 40.8 Å². The first-order valence-corrected chi connectivity index (χ1v) is 9.71. The quantitative estimate of drug-likeness (QED) is 0.688. The largest absolute Gasteiger partial charge is 0.345 e. The second-order valence-electron chi connectivity index (χ2n) is 7.76. The van der Waals surface area contributed by atoms with E-state index >= 15 is 0 Å². The maximum Gasteiger partial charge on any atom is 0.279 e. The van der Waals surface area contributed by atoms with Crippen molar-refractivity contribution in [3.05, 3.63) is 64.2 Å². The molecule has 150 valence electrons. The van der Waals surface area contributed by atoms with E-state index in [1.807, 2.05) is 52.1 Å². The molecule has 2 atom stereocenters. The molecule has 2 aromatic rings.